The zero-order chi connectivity index (χ0) is 26.4. The first kappa shape index (κ1) is 25.1. The number of carbonyl (C=O) groups is 1. The van der Waals surface area contributed by atoms with E-state index >= 15 is 0 Å². The number of hydrogen-bond donors (Lipinski definition) is 0. The molecule has 0 atom stereocenters. The zero-order valence-corrected chi connectivity index (χ0v) is 21.2. The average Bonchev–Trinajstić information content (AvgIpc) is 3.45. The predicted octanol–water partition coefficient (Wildman–Crippen LogP) is 5.99. The predicted molar refractivity (Wildman–Crippen MR) is 145 cm³/mol. The van der Waals surface area contributed by atoms with Gasteiger partial charge in [0.1, 0.15) is 12.1 Å². The van der Waals surface area contributed by atoms with Crippen molar-refractivity contribution >= 4 is 16.1 Å². The number of hydrogen-bond acceptors (Lipinski definition) is 5. The highest BCUT2D eigenvalue weighted by atomic mass is 32.2. The quantitative estimate of drug-likeness (QED) is 0.250. The molecule has 190 valence electrons. The summed E-state index contributed by atoms with van der Waals surface area (Å²) in [5.74, 6) is 0.429. The fraction of sp³-hybridized carbons (Fsp3) is 0.0667. The maximum Gasteiger partial charge on any atom is 0.424 e. The monoisotopic (exact) mass is 523 g/mol. The molecule has 0 aliphatic heterocycles. The van der Waals surface area contributed by atoms with Crippen LogP contribution in [0.4, 0.5) is 4.79 Å². The highest BCUT2D eigenvalue weighted by Gasteiger charge is 2.25. The molecule has 7 nitrogen and oxygen atoms in total. The molecule has 38 heavy (non-hydrogen) atoms. The molecule has 0 bridgehead atoms. The molecule has 0 amide bonds. The summed E-state index contributed by atoms with van der Waals surface area (Å²) in [5, 5.41) is 0. The van der Waals surface area contributed by atoms with E-state index in [4.69, 9.17) is 4.74 Å². The van der Waals surface area contributed by atoms with Crippen molar-refractivity contribution in [2.45, 2.75) is 18.0 Å². The average molecular weight is 524 g/mol. The van der Waals surface area contributed by atoms with E-state index in [9.17, 15) is 13.2 Å². The molecule has 4 aromatic carbocycles. The molecule has 5 rings (SSSR count). The van der Waals surface area contributed by atoms with E-state index in [0.717, 1.165) is 11.1 Å². The largest absolute Gasteiger partial charge is 0.424 e. The first-order valence-electron chi connectivity index (χ1n) is 12.0. The molecule has 0 aliphatic carbocycles. The third kappa shape index (κ3) is 5.88. The van der Waals surface area contributed by atoms with Gasteiger partial charge in [0.15, 0.2) is 0 Å². The lowest BCUT2D eigenvalue weighted by molar-refractivity contribution is 0.202. The standard InChI is InChI=1S/C30H25N3O4S/c34-30(37-27-14-8-3-9-15-27)32-22-29(31-23-32)26-16-18-28(19-17-26)38(35,36)33(20-24-10-4-1-5-11-24)21-25-12-6-2-7-13-25/h1-19,22-23H,20-21H2. The number of carbonyl (C=O) groups excluding carboxylic acids is 1. The van der Waals surface area contributed by atoms with Crippen LogP contribution in [0.1, 0.15) is 11.1 Å². The Balaban J connectivity index is 1.36. The molecular weight excluding hydrogens is 498 g/mol. The van der Waals surface area contributed by atoms with Crippen molar-refractivity contribution in [1.82, 2.24) is 13.9 Å². The summed E-state index contributed by atoms with van der Waals surface area (Å²) in [6.45, 7) is 0.488. The lowest BCUT2D eigenvalue weighted by atomic mass is 10.2. The van der Waals surface area contributed by atoms with Crippen molar-refractivity contribution in [3.8, 4) is 17.0 Å². The Bertz CT molecular complexity index is 1560. The van der Waals surface area contributed by atoms with E-state index in [1.54, 1.807) is 54.7 Å². The van der Waals surface area contributed by atoms with Crippen LogP contribution in [-0.2, 0) is 23.1 Å². The molecule has 0 aliphatic rings. The first-order chi connectivity index (χ1) is 18.5. The number of rotatable bonds is 8. The summed E-state index contributed by atoms with van der Waals surface area (Å²) >= 11 is 0. The van der Waals surface area contributed by atoms with Crippen LogP contribution in [0.2, 0.25) is 0 Å². The minimum atomic E-state index is -3.81. The Hall–Kier alpha value is -4.53. The van der Waals surface area contributed by atoms with Crippen molar-refractivity contribution < 1.29 is 17.9 Å². The van der Waals surface area contributed by atoms with Crippen molar-refractivity contribution in [3.05, 3.63) is 139 Å². The van der Waals surface area contributed by atoms with Crippen LogP contribution in [0.5, 0.6) is 5.75 Å². The summed E-state index contributed by atoms with van der Waals surface area (Å²) in [4.78, 5) is 16.9. The third-order valence-electron chi connectivity index (χ3n) is 5.93. The summed E-state index contributed by atoms with van der Waals surface area (Å²) in [6, 6.07) is 34.3. The minimum absolute atomic E-state index is 0.177. The Labute approximate surface area is 221 Å². The molecule has 0 radical (unpaired) electrons. The van der Waals surface area contributed by atoms with E-state index in [1.807, 2.05) is 66.7 Å². The van der Waals surface area contributed by atoms with E-state index in [0.29, 0.717) is 17.0 Å². The summed E-state index contributed by atoms with van der Waals surface area (Å²) in [6.07, 6.45) is 2.32. The molecule has 8 heteroatoms. The Morgan fingerprint density at radius 3 is 1.82 bits per heavy atom. The van der Waals surface area contributed by atoms with E-state index in [-0.39, 0.29) is 18.0 Å². The molecule has 0 N–H and O–H groups in total. The van der Waals surface area contributed by atoms with Crippen LogP contribution in [0, 0.1) is 0 Å². The SMILES string of the molecule is O=C(Oc1ccccc1)n1cnc(-c2ccc(S(=O)(=O)N(Cc3ccccc3)Cc3ccccc3)cc2)c1. The smallest absolute Gasteiger partial charge is 0.410 e. The Kier molecular flexibility index (Phi) is 7.44. The molecule has 0 fully saturated rings. The van der Waals surface area contributed by atoms with Gasteiger partial charge >= 0.3 is 6.09 Å². The van der Waals surface area contributed by atoms with Gasteiger partial charge in [-0.2, -0.15) is 4.31 Å². The fourth-order valence-corrected chi connectivity index (χ4v) is 5.38. The topological polar surface area (TPSA) is 81.5 Å². The van der Waals surface area contributed by atoms with Gasteiger partial charge in [-0.3, -0.25) is 0 Å². The molecule has 0 saturated carbocycles. The summed E-state index contributed by atoms with van der Waals surface area (Å²) in [5.41, 5.74) is 2.99. The lowest BCUT2D eigenvalue weighted by Gasteiger charge is -2.23. The van der Waals surface area contributed by atoms with Crippen LogP contribution in [-0.4, -0.2) is 28.4 Å². The second-order valence-corrected chi connectivity index (χ2v) is 10.6. The second-order valence-electron chi connectivity index (χ2n) is 8.62. The van der Waals surface area contributed by atoms with E-state index in [1.165, 1.54) is 15.2 Å². The molecule has 0 saturated heterocycles. The van der Waals surface area contributed by atoms with Crippen molar-refractivity contribution in [1.29, 1.82) is 0 Å². The van der Waals surface area contributed by atoms with E-state index in [2.05, 4.69) is 4.98 Å². The van der Waals surface area contributed by atoms with Gasteiger partial charge < -0.3 is 4.74 Å². The van der Waals surface area contributed by atoms with Gasteiger partial charge in [0.05, 0.1) is 10.6 Å². The van der Waals surface area contributed by atoms with Gasteiger partial charge in [-0.25, -0.2) is 22.8 Å². The Morgan fingerprint density at radius 1 is 0.737 bits per heavy atom. The Morgan fingerprint density at radius 2 is 1.26 bits per heavy atom. The first-order valence-corrected chi connectivity index (χ1v) is 13.4. The number of sulfonamides is 1. The van der Waals surface area contributed by atoms with Gasteiger partial charge in [-0.05, 0) is 35.4 Å². The highest BCUT2D eigenvalue weighted by Crippen LogP contribution is 2.25. The summed E-state index contributed by atoms with van der Waals surface area (Å²) < 4.78 is 35.5. The number of aromatic nitrogens is 2. The number of nitrogens with zero attached hydrogens (tertiary/aromatic N) is 3. The van der Waals surface area contributed by atoms with Crippen molar-refractivity contribution in [2.75, 3.05) is 0 Å². The third-order valence-corrected chi connectivity index (χ3v) is 7.74. The lowest BCUT2D eigenvalue weighted by Crippen LogP contribution is -2.30. The maximum atomic E-state index is 13.7. The molecule has 1 heterocycles. The van der Waals surface area contributed by atoms with Crippen LogP contribution < -0.4 is 4.74 Å². The molecule has 0 unspecified atom stereocenters. The van der Waals surface area contributed by atoms with Crippen LogP contribution in [0.15, 0.2) is 133 Å². The molecular formula is C30H25N3O4S. The maximum absolute atomic E-state index is 13.7. The summed E-state index contributed by atoms with van der Waals surface area (Å²) in [7, 11) is -3.81. The number of para-hydroxylation sites is 1. The van der Waals surface area contributed by atoms with E-state index < -0.39 is 16.1 Å². The van der Waals surface area contributed by atoms with Crippen molar-refractivity contribution in [2.24, 2.45) is 0 Å². The van der Waals surface area contributed by atoms with Crippen LogP contribution in [0.25, 0.3) is 11.3 Å². The second kappa shape index (κ2) is 11.2. The van der Waals surface area contributed by atoms with Crippen LogP contribution in [0.3, 0.4) is 0 Å². The van der Waals surface area contributed by atoms with Gasteiger partial charge in [-0.15, -0.1) is 0 Å². The molecule has 5 aromatic rings. The number of benzene rings is 4. The fourth-order valence-electron chi connectivity index (χ4n) is 3.96. The molecule has 0 spiro atoms. The van der Waals surface area contributed by atoms with Gasteiger partial charge in [-0.1, -0.05) is 91.0 Å². The highest BCUT2D eigenvalue weighted by molar-refractivity contribution is 7.89. The zero-order valence-electron chi connectivity index (χ0n) is 20.4. The van der Waals surface area contributed by atoms with Crippen molar-refractivity contribution in [3.63, 3.8) is 0 Å². The van der Waals surface area contributed by atoms with Gasteiger partial charge in [0.2, 0.25) is 10.0 Å². The van der Waals surface area contributed by atoms with Gasteiger partial charge in [0.25, 0.3) is 0 Å². The van der Waals surface area contributed by atoms with Gasteiger partial charge in [0, 0.05) is 24.8 Å². The number of ether oxygens (including phenoxy) is 1. The minimum Gasteiger partial charge on any atom is -0.410 e. The molecule has 1 aromatic heterocycles. The normalized spacial score (nSPS) is 11.4. The number of imidazole rings is 1. The van der Waals surface area contributed by atoms with Crippen LogP contribution >= 0.6 is 0 Å².